The lowest BCUT2D eigenvalue weighted by Crippen LogP contribution is -2.15. The van der Waals surface area contributed by atoms with Crippen LogP contribution in [0, 0.1) is 0 Å². The Morgan fingerprint density at radius 1 is 1.62 bits per heavy atom. The minimum absolute atomic E-state index is 0.0132. The summed E-state index contributed by atoms with van der Waals surface area (Å²) in [5.74, 6) is 0. The Bertz CT molecular complexity index is 217. The van der Waals surface area contributed by atoms with Crippen molar-refractivity contribution in [2.45, 2.75) is 25.8 Å². The van der Waals surface area contributed by atoms with Gasteiger partial charge in [0.2, 0.25) is 0 Å². The molecule has 0 saturated carbocycles. The average Bonchev–Trinajstić information content (AvgIpc) is 2.05. The Labute approximate surface area is 81.4 Å². The van der Waals surface area contributed by atoms with Gasteiger partial charge in [-0.3, -0.25) is 0 Å². The predicted molar refractivity (Wildman–Crippen MR) is 51.7 cm³/mol. The van der Waals surface area contributed by atoms with E-state index in [0.717, 1.165) is 0 Å². The second kappa shape index (κ2) is 6.31. The standard InChI is InChI=1S/C7H13BO4S/c1-5(13(11)12)6(4-8)7(10)2-3-9/h7,9-10H,2-4H2,1H3,(H,11,12)/b6-5-. The predicted octanol–water partition coefficient (Wildman–Crippen LogP) is -0.188. The quantitative estimate of drug-likeness (QED) is 0.428. The third-order valence-electron chi connectivity index (χ3n) is 1.74. The summed E-state index contributed by atoms with van der Waals surface area (Å²) in [7, 11) is 5.30. The van der Waals surface area contributed by atoms with Crippen molar-refractivity contribution < 1.29 is 19.0 Å². The minimum Gasteiger partial charge on any atom is -0.396 e. The summed E-state index contributed by atoms with van der Waals surface area (Å²) >= 11 is -2.11. The molecule has 4 nitrogen and oxygen atoms in total. The molecule has 0 amide bonds. The van der Waals surface area contributed by atoms with Crippen molar-refractivity contribution in [1.82, 2.24) is 0 Å². The van der Waals surface area contributed by atoms with Gasteiger partial charge in [-0.05, 0) is 12.5 Å². The maximum Gasteiger partial charge on any atom is 0.182 e. The fourth-order valence-corrected chi connectivity index (χ4v) is 1.37. The molecule has 0 heterocycles. The zero-order chi connectivity index (χ0) is 10.4. The number of hydrogen-bond donors (Lipinski definition) is 3. The second-order valence-electron chi connectivity index (χ2n) is 2.56. The zero-order valence-electron chi connectivity index (χ0n) is 7.43. The highest BCUT2D eigenvalue weighted by Gasteiger charge is 2.13. The van der Waals surface area contributed by atoms with Crippen molar-refractivity contribution in [3.63, 3.8) is 0 Å². The van der Waals surface area contributed by atoms with Crippen molar-refractivity contribution in [2.24, 2.45) is 0 Å². The van der Waals surface area contributed by atoms with Gasteiger partial charge in [-0.1, -0.05) is 6.32 Å². The van der Waals surface area contributed by atoms with Gasteiger partial charge in [-0.15, -0.1) is 0 Å². The van der Waals surface area contributed by atoms with Gasteiger partial charge in [0.05, 0.1) is 14.0 Å². The molecule has 0 aliphatic carbocycles. The number of aliphatic hydroxyl groups is 2. The third kappa shape index (κ3) is 4.04. The van der Waals surface area contributed by atoms with E-state index in [9.17, 15) is 9.32 Å². The van der Waals surface area contributed by atoms with Crippen LogP contribution >= 0.6 is 0 Å². The Balaban J connectivity index is 4.65. The molecular formula is C7H13BO4S. The van der Waals surface area contributed by atoms with Crippen LogP contribution in [0.25, 0.3) is 0 Å². The van der Waals surface area contributed by atoms with Crippen LogP contribution in [-0.2, 0) is 11.1 Å². The number of rotatable bonds is 5. The van der Waals surface area contributed by atoms with E-state index >= 15 is 0 Å². The SMILES string of the molecule is [B]C/C(=C(\C)S(=O)O)C(O)CCO. The molecule has 0 rings (SSSR count). The van der Waals surface area contributed by atoms with Gasteiger partial charge in [0.1, 0.15) is 0 Å². The lowest BCUT2D eigenvalue weighted by molar-refractivity contribution is 0.160. The van der Waals surface area contributed by atoms with E-state index < -0.39 is 17.2 Å². The van der Waals surface area contributed by atoms with Crippen LogP contribution in [0.2, 0.25) is 6.32 Å². The Hall–Kier alpha value is -0.165. The summed E-state index contributed by atoms with van der Waals surface area (Å²) in [5.41, 5.74) is 0.315. The number of hydrogen-bond acceptors (Lipinski definition) is 3. The van der Waals surface area contributed by atoms with Crippen LogP contribution < -0.4 is 0 Å². The van der Waals surface area contributed by atoms with Crippen molar-refractivity contribution >= 4 is 18.9 Å². The van der Waals surface area contributed by atoms with Gasteiger partial charge >= 0.3 is 0 Å². The fourth-order valence-electron chi connectivity index (χ4n) is 0.923. The smallest absolute Gasteiger partial charge is 0.182 e. The molecule has 74 valence electrons. The summed E-state index contributed by atoms with van der Waals surface area (Å²) in [6.07, 6.45) is -0.800. The average molecular weight is 204 g/mol. The normalized spacial score (nSPS) is 17.8. The molecule has 0 fully saturated rings. The largest absolute Gasteiger partial charge is 0.396 e. The van der Waals surface area contributed by atoms with Crippen LogP contribution in [0.5, 0.6) is 0 Å². The van der Waals surface area contributed by atoms with Gasteiger partial charge in [0.15, 0.2) is 11.1 Å². The molecule has 3 N–H and O–H groups in total. The molecule has 0 aromatic rings. The highest BCUT2D eigenvalue weighted by atomic mass is 32.2. The van der Waals surface area contributed by atoms with Crippen LogP contribution in [-0.4, -0.2) is 39.5 Å². The Morgan fingerprint density at radius 2 is 2.15 bits per heavy atom. The summed E-state index contributed by atoms with van der Waals surface area (Å²) in [4.78, 5) is 0.156. The maximum atomic E-state index is 10.6. The van der Waals surface area contributed by atoms with E-state index in [4.69, 9.17) is 17.5 Å². The first-order chi connectivity index (χ1) is 6.04. The van der Waals surface area contributed by atoms with Crippen molar-refractivity contribution in [1.29, 1.82) is 0 Å². The summed E-state index contributed by atoms with van der Waals surface area (Å²) in [5, 5.41) is 17.9. The van der Waals surface area contributed by atoms with E-state index in [-0.39, 0.29) is 24.3 Å². The highest BCUT2D eigenvalue weighted by molar-refractivity contribution is 7.83. The minimum atomic E-state index is -2.11. The highest BCUT2D eigenvalue weighted by Crippen LogP contribution is 2.16. The second-order valence-corrected chi connectivity index (χ2v) is 3.67. The number of aliphatic hydroxyl groups excluding tert-OH is 2. The lowest BCUT2D eigenvalue weighted by atomic mass is 9.91. The first-order valence-electron chi connectivity index (χ1n) is 3.84. The summed E-state index contributed by atoms with van der Waals surface area (Å²) in [6.45, 7) is 1.24. The molecule has 6 heteroatoms. The van der Waals surface area contributed by atoms with Crippen LogP contribution in [0.1, 0.15) is 13.3 Å². The van der Waals surface area contributed by atoms with Gasteiger partial charge < -0.3 is 14.8 Å². The fraction of sp³-hybridized carbons (Fsp3) is 0.714. The topological polar surface area (TPSA) is 77.8 Å². The zero-order valence-corrected chi connectivity index (χ0v) is 8.25. The molecule has 0 aliphatic rings. The van der Waals surface area contributed by atoms with Crippen LogP contribution in [0.3, 0.4) is 0 Å². The van der Waals surface area contributed by atoms with Crippen molar-refractivity contribution in [2.75, 3.05) is 6.61 Å². The molecule has 0 bridgehead atoms. The summed E-state index contributed by atoms with van der Waals surface area (Å²) < 4.78 is 19.4. The molecule has 2 radical (unpaired) electrons. The molecule has 0 aromatic heterocycles. The van der Waals surface area contributed by atoms with Gasteiger partial charge in [-0.25, -0.2) is 4.21 Å². The third-order valence-corrected chi connectivity index (χ3v) is 2.52. The molecule has 0 saturated heterocycles. The molecule has 0 aromatic carbocycles. The molecular weight excluding hydrogens is 191 g/mol. The molecule has 0 aliphatic heterocycles. The maximum absolute atomic E-state index is 10.6. The van der Waals surface area contributed by atoms with E-state index in [0.29, 0.717) is 5.57 Å². The van der Waals surface area contributed by atoms with E-state index in [2.05, 4.69) is 0 Å². The van der Waals surface area contributed by atoms with Gasteiger partial charge in [0, 0.05) is 17.9 Å². The molecule has 2 atom stereocenters. The van der Waals surface area contributed by atoms with E-state index in [1.54, 1.807) is 0 Å². The van der Waals surface area contributed by atoms with Gasteiger partial charge in [-0.2, -0.15) is 0 Å². The summed E-state index contributed by atoms with van der Waals surface area (Å²) in [6, 6.07) is 0. The number of allylic oxidation sites excluding steroid dienone is 1. The molecule has 13 heavy (non-hydrogen) atoms. The lowest BCUT2D eigenvalue weighted by Gasteiger charge is -2.14. The van der Waals surface area contributed by atoms with E-state index in [1.165, 1.54) is 6.92 Å². The van der Waals surface area contributed by atoms with Crippen LogP contribution in [0.15, 0.2) is 10.5 Å². The van der Waals surface area contributed by atoms with Gasteiger partial charge in [0.25, 0.3) is 0 Å². The first kappa shape index (κ1) is 12.8. The Kier molecular flexibility index (Phi) is 6.23. The van der Waals surface area contributed by atoms with Crippen LogP contribution in [0.4, 0.5) is 0 Å². The van der Waals surface area contributed by atoms with E-state index in [1.807, 2.05) is 0 Å². The molecule has 0 spiro atoms. The van der Waals surface area contributed by atoms with Crippen molar-refractivity contribution in [3.8, 4) is 0 Å². The molecule has 2 unspecified atom stereocenters. The Morgan fingerprint density at radius 3 is 2.46 bits per heavy atom. The monoisotopic (exact) mass is 204 g/mol. The first-order valence-corrected chi connectivity index (χ1v) is 4.94. The van der Waals surface area contributed by atoms with Crippen molar-refractivity contribution in [3.05, 3.63) is 10.5 Å².